The molecule has 0 spiro atoms. The Morgan fingerprint density at radius 2 is 0.966 bits per heavy atom. The molecule has 0 saturated carbocycles. The van der Waals surface area contributed by atoms with Gasteiger partial charge in [-0.05, 0) is 49.4 Å². The number of esters is 2. The average molecular weight is 773 g/mol. The summed E-state index contributed by atoms with van der Waals surface area (Å²) >= 11 is 0. The second-order valence-corrected chi connectivity index (χ2v) is 14.4. The highest BCUT2D eigenvalue weighted by Crippen LogP contribution is 2.41. The summed E-state index contributed by atoms with van der Waals surface area (Å²) in [5, 5.41) is 16.0. The van der Waals surface area contributed by atoms with Gasteiger partial charge in [0.1, 0.15) is 17.8 Å². The van der Waals surface area contributed by atoms with Gasteiger partial charge in [0, 0.05) is 7.11 Å². The number of fused-ring (bicyclic) bond motifs is 2. The fraction of sp³-hybridized carbons (Fsp3) is 0.200. The molecule has 7 aromatic rings. The number of hydrogen-bond donors (Lipinski definition) is 1. The highest BCUT2D eigenvalue weighted by atomic mass is 16.7. The maximum atomic E-state index is 13.9. The Kier molecular flexibility index (Phi) is 11.7. The normalized spacial score (nSPS) is 19.4. The summed E-state index contributed by atoms with van der Waals surface area (Å²) in [4.78, 5) is 27.7. The van der Waals surface area contributed by atoms with Gasteiger partial charge >= 0.3 is 11.9 Å². The van der Waals surface area contributed by atoms with Gasteiger partial charge in [-0.3, -0.25) is 9.59 Å². The molecule has 8 rings (SSSR count). The lowest BCUT2D eigenvalue weighted by Crippen LogP contribution is -2.62. The van der Waals surface area contributed by atoms with Crippen LogP contribution in [0.1, 0.15) is 27.8 Å². The van der Waals surface area contributed by atoms with E-state index >= 15 is 0 Å². The Morgan fingerprint density at radius 3 is 1.43 bits per heavy atom. The summed E-state index contributed by atoms with van der Waals surface area (Å²) in [6.07, 6.45) is -6.62. The fourth-order valence-corrected chi connectivity index (χ4v) is 8.04. The number of carbonyl (C=O) groups is 2. The van der Waals surface area contributed by atoms with Crippen LogP contribution in [-0.4, -0.2) is 61.5 Å². The van der Waals surface area contributed by atoms with Crippen molar-refractivity contribution >= 4 is 33.5 Å². The molecule has 292 valence electrons. The van der Waals surface area contributed by atoms with E-state index in [0.717, 1.165) is 49.4 Å². The standard InChI is InChI=1S/C50H44O8/c1-54-49-48(58-45(52)32-37-22-16-20-35-18-12-14-30-42(35)37)47(57-44(51)31-36-21-15-19-34-17-11-13-29-41(34)36)46(53)43(56-49)33-55-50(38-23-5-2-6-24-38,39-25-7-3-8-26-39)40-27-9-4-10-28-40/h2-30,43,46-49,53H,31-33H2,1H3/t43-,46-,47+,48-,49+/m1/s1. The number of methoxy groups -OCH3 is 1. The van der Waals surface area contributed by atoms with E-state index in [9.17, 15) is 14.7 Å². The predicted molar refractivity (Wildman–Crippen MR) is 222 cm³/mol. The highest BCUT2D eigenvalue weighted by Gasteiger charge is 2.51. The van der Waals surface area contributed by atoms with Crippen molar-refractivity contribution < 1.29 is 38.4 Å². The van der Waals surface area contributed by atoms with E-state index in [0.29, 0.717) is 0 Å². The fourth-order valence-electron chi connectivity index (χ4n) is 8.04. The molecule has 5 atom stereocenters. The molecule has 1 heterocycles. The summed E-state index contributed by atoms with van der Waals surface area (Å²) in [5.41, 5.74) is 2.98. The highest BCUT2D eigenvalue weighted by molar-refractivity contribution is 5.90. The Morgan fingerprint density at radius 1 is 0.552 bits per heavy atom. The first-order chi connectivity index (χ1) is 28.4. The van der Waals surface area contributed by atoms with Crippen LogP contribution >= 0.6 is 0 Å². The van der Waals surface area contributed by atoms with Crippen LogP contribution in [0, 0.1) is 0 Å². The van der Waals surface area contributed by atoms with Crippen molar-refractivity contribution in [1.29, 1.82) is 0 Å². The van der Waals surface area contributed by atoms with Crippen LogP contribution in [0.15, 0.2) is 176 Å². The van der Waals surface area contributed by atoms with Gasteiger partial charge in [-0.15, -0.1) is 0 Å². The van der Waals surface area contributed by atoms with Gasteiger partial charge in [-0.1, -0.05) is 176 Å². The Hall–Kier alpha value is -6.16. The van der Waals surface area contributed by atoms with Crippen molar-refractivity contribution in [2.24, 2.45) is 0 Å². The van der Waals surface area contributed by atoms with Crippen LogP contribution in [0.25, 0.3) is 21.5 Å². The second-order valence-electron chi connectivity index (χ2n) is 14.4. The maximum absolute atomic E-state index is 13.9. The summed E-state index contributed by atoms with van der Waals surface area (Å²) in [7, 11) is 1.42. The van der Waals surface area contributed by atoms with E-state index in [4.69, 9.17) is 23.7 Å². The first-order valence-electron chi connectivity index (χ1n) is 19.4. The largest absolute Gasteiger partial charge is 0.455 e. The van der Waals surface area contributed by atoms with E-state index in [1.807, 2.05) is 176 Å². The third kappa shape index (κ3) is 8.01. The molecule has 1 aliphatic heterocycles. The van der Waals surface area contributed by atoms with Gasteiger partial charge < -0.3 is 28.8 Å². The quantitative estimate of drug-likeness (QED) is 0.0923. The predicted octanol–water partition coefficient (Wildman–Crippen LogP) is 8.34. The molecule has 0 unspecified atom stereocenters. The van der Waals surface area contributed by atoms with Crippen molar-refractivity contribution in [3.05, 3.63) is 204 Å². The van der Waals surface area contributed by atoms with Crippen molar-refractivity contribution in [2.75, 3.05) is 13.7 Å². The van der Waals surface area contributed by atoms with Gasteiger partial charge in [-0.25, -0.2) is 0 Å². The van der Waals surface area contributed by atoms with E-state index in [1.54, 1.807) is 0 Å². The number of aliphatic hydroxyl groups excluding tert-OH is 1. The monoisotopic (exact) mass is 772 g/mol. The van der Waals surface area contributed by atoms with Gasteiger partial charge in [0.2, 0.25) is 0 Å². The minimum absolute atomic E-state index is 0.0681. The van der Waals surface area contributed by atoms with E-state index in [1.165, 1.54) is 7.11 Å². The number of ether oxygens (including phenoxy) is 5. The van der Waals surface area contributed by atoms with Crippen LogP contribution in [0.5, 0.6) is 0 Å². The average Bonchev–Trinajstić information content (AvgIpc) is 3.27. The molecular formula is C50H44O8. The zero-order valence-electron chi connectivity index (χ0n) is 32.1. The van der Waals surface area contributed by atoms with Crippen molar-refractivity contribution in [2.45, 2.75) is 49.1 Å². The number of carbonyl (C=O) groups excluding carboxylic acids is 2. The molecule has 0 aliphatic carbocycles. The zero-order valence-corrected chi connectivity index (χ0v) is 32.1. The van der Waals surface area contributed by atoms with Crippen molar-refractivity contribution in [3.8, 4) is 0 Å². The lowest BCUT2D eigenvalue weighted by Gasteiger charge is -2.44. The number of aliphatic hydroxyl groups is 1. The van der Waals surface area contributed by atoms with Crippen LogP contribution < -0.4 is 0 Å². The molecular weight excluding hydrogens is 729 g/mol. The number of rotatable bonds is 13. The van der Waals surface area contributed by atoms with E-state index in [2.05, 4.69) is 0 Å². The lowest BCUT2D eigenvalue weighted by atomic mass is 9.80. The van der Waals surface area contributed by atoms with Gasteiger partial charge in [-0.2, -0.15) is 0 Å². The van der Waals surface area contributed by atoms with Crippen molar-refractivity contribution in [3.63, 3.8) is 0 Å². The molecule has 8 nitrogen and oxygen atoms in total. The van der Waals surface area contributed by atoms with Gasteiger partial charge in [0.05, 0.1) is 19.4 Å². The summed E-state index contributed by atoms with van der Waals surface area (Å²) in [6.45, 7) is -0.159. The molecule has 8 heteroatoms. The summed E-state index contributed by atoms with van der Waals surface area (Å²) < 4.78 is 31.5. The molecule has 0 bridgehead atoms. The first-order valence-corrected chi connectivity index (χ1v) is 19.4. The second kappa shape index (κ2) is 17.5. The van der Waals surface area contributed by atoms with Crippen LogP contribution in [0.4, 0.5) is 0 Å². The van der Waals surface area contributed by atoms with E-state index < -0.39 is 48.2 Å². The van der Waals surface area contributed by atoms with Crippen molar-refractivity contribution in [1.82, 2.24) is 0 Å². The Labute approximate surface area is 337 Å². The van der Waals surface area contributed by atoms with Crippen LogP contribution in [0.2, 0.25) is 0 Å². The maximum Gasteiger partial charge on any atom is 0.310 e. The lowest BCUT2D eigenvalue weighted by molar-refractivity contribution is -0.304. The summed E-state index contributed by atoms with van der Waals surface area (Å²) in [5.74, 6) is -1.21. The molecule has 1 N–H and O–H groups in total. The first kappa shape index (κ1) is 38.7. The molecule has 1 saturated heterocycles. The smallest absolute Gasteiger partial charge is 0.310 e. The molecule has 0 radical (unpaired) electrons. The zero-order chi connectivity index (χ0) is 39.9. The van der Waals surface area contributed by atoms with Gasteiger partial charge in [0.25, 0.3) is 0 Å². The minimum Gasteiger partial charge on any atom is -0.455 e. The topological polar surface area (TPSA) is 101 Å². The van der Waals surface area contributed by atoms with E-state index in [-0.39, 0.29) is 19.4 Å². The Bertz CT molecular complexity index is 2360. The number of hydrogen-bond acceptors (Lipinski definition) is 8. The molecule has 0 aromatic heterocycles. The number of benzene rings is 7. The molecule has 1 fully saturated rings. The van der Waals surface area contributed by atoms with Crippen LogP contribution in [-0.2, 0) is 51.7 Å². The SMILES string of the molecule is CO[C@H]1O[C@H](COC(c2ccccc2)(c2ccccc2)c2ccccc2)[C@@H](O)[C@H](OC(=O)Cc2cccc3ccccc23)[C@H]1OC(=O)Cc1cccc2ccccc12. The summed E-state index contributed by atoms with van der Waals surface area (Å²) in [6, 6.07) is 56.6. The molecule has 0 amide bonds. The van der Waals surface area contributed by atoms with Crippen LogP contribution in [0.3, 0.4) is 0 Å². The van der Waals surface area contributed by atoms with Gasteiger partial charge in [0.15, 0.2) is 18.5 Å². The Balaban J connectivity index is 1.12. The molecule has 1 aliphatic rings. The molecule has 58 heavy (non-hydrogen) atoms. The minimum atomic E-state index is -1.49. The molecule has 7 aromatic carbocycles. The third-order valence-electron chi connectivity index (χ3n) is 10.8. The third-order valence-corrected chi connectivity index (χ3v) is 10.8.